The Morgan fingerprint density at radius 2 is 2.00 bits per heavy atom. The molecule has 0 aromatic carbocycles. The van der Waals surface area contributed by atoms with Crippen LogP contribution >= 0.6 is 0 Å². The summed E-state index contributed by atoms with van der Waals surface area (Å²) < 4.78 is 4.84. The maximum absolute atomic E-state index is 11.0. The van der Waals surface area contributed by atoms with Crippen molar-refractivity contribution in [3.05, 3.63) is 11.6 Å². The van der Waals surface area contributed by atoms with Gasteiger partial charge in [-0.1, -0.05) is 13.0 Å². The smallest absolute Gasteiger partial charge is 0.333 e. The minimum atomic E-state index is -0.341. The van der Waals surface area contributed by atoms with E-state index in [-0.39, 0.29) is 18.4 Å². The van der Waals surface area contributed by atoms with Crippen LogP contribution in [0.1, 0.15) is 33.6 Å². The van der Waals surface area contributed by atoms with Gasteiger partial charge in [-0.05, 0) is 13.8 Å². The van der Waals surface area contributed by atoms with Crippen LogP contribution in [0.25, 0.3) is 0 Å². The molecule has 0 aromatic heterocycles. The Labute approximate surface area is 78.8 Å². The van der Waals surface area contributed by atoms with Crippen molar-refractivity contribution < 1.29 is 14.3 Å². The molecule has 0 heterocycles. The van der Waals surface area contributed by atoms with Gasteiger partial charge in [-0.2, -0.15) is 0 Å². The largest absolute Gasteiger partial charge is 0.462 e. The fraction of sp³-hybridized carbons (Fsp3) is 0.600. The first kappa shape index (κ1) is 11.9. The van der Waals surface area contributed by atoms with Crippen molar-refractivity contribution in [3.8, 4) is 0 Å². The van der Waals surface area contributed by atoms with E-state index in [0.29, 0.717) is 18.4 Å². The third kappa shape index (κ3) is 5.17. The van der Waals surface area contributed by atoms with Crippen molar-refractivity contribution in [1.82, 2.24) is 0 Å². The van der Waals surface area contributed by atoms with E-state index < -0.39 is 0 Å². The van der Waals surface area contributed by atoms with E-state index in [0.717, 1.165) is 0 Å². The van der Waals surface area contributed by atoms with E-state index in [9.17, 15) is 9.59 Å². The van der Waals surface area contributed by atoms with Gasteiger partial charge in [-0.3, -0.25) is 4.79 Å². The van der Waals surface area contributed by atoms with Gasteiger partial charge in [0.15, 0.2) is 0 Å². The topological polar surface area (TPSA) is 43.4 Å². The zero-order valence-corrected chi connectivity index (χ0v) is 8.42. The molecule has 0 fully saturated rings. The number of ether oxygens (including phenoxy) is 1. The summed E-state index contributed by atoms with van der Waals surface area (Å²) in [5, 5.41) is 0. The van der Waals surface area contributed by atoms with E-state index in [4.69, 9.17) is 4.74 Å². The molecule has 0 saturated heterocycles. The van der Waals surface area contributed by atoms with Gasteiger partial charge >= 0.3 is 5.97 Å². The Morgan fingerprint density at radius 1 is 1.38 bits per heavy atom. The third-order valence-corrected chi connectivity index (χ3v) is 1.76. The lowest BCUT2D eigenvalue weighted by Gasteiger charge is -2.02. The minimum Gasteiger partial charge on any atom is -0.462 e. The van der Waals surface area contributed by atoms with E-state index >= 15 is 0 Å². The van der Waals surface area contributed by atoms with E-state index in [1.807, 2.05) is 0 Å². The molecular formula is C10H16O3. The maximum atomic E-state index is 11.0. The Morgan fingerprint density at radius 3 is 2.46 bits per heavy atom. The summed E-state index contributed by atoms with van der Waals surface area (Å²) in [7, 11) is 0. The van der Waals surface area contributed by atoms with Crippen LogP contribution in [0.5, 0.6) is 0 Å². The molecule has 0 aromatic rings. The Bertz CT molecular complexity index is 216. The first-order chi connectivity index (χ1) is 6.11. The second kappa shape index (κ2) is 6.40. The van der Waals surface area contributed by atoms with Crippen molar-refractivity contribution in [2.24, 2.45) is 0 Å². The molecule has 0 radical (unpaired) electrons. The number of carbonyl (C=O) groups excluding carboxylic acids is 2. The molecule has 0 aliphatic carbocycles. The van der Waals surface area contributed by atoms with E-state index in [1.165, 1.54) is 0 Å². The predicted molar refractivity (Wildman–Crippen MR) is 50.3 cm³/mol. The Hall–Kier alpha value is -1.12. The second-order valence-corrected chi connectivity index (χ2v) is 2.75. The first-order valence-electron chi connectivity index (χ1n) is 4.43. The molecule has 0 bridgehead atoms. The van der Waals surface area contributed by atoms with Crippen molar-refractivity contribution >= 4 is 11.8 Å². The molecule has 0 saturated carbocycles. The summed E-state index contributed by atoms with van der Waals surface area (Å²) >= 11 is 0. The summed E-state index contributed by atoms with van der Waals surface area (Å²) in [5.41, 5.74) is 0.573. The van der Waals surface area contributed by atoms with Crippen LogP contribution in [0.2, 0.25) is 0 Å². The van der Waals surface area contributed by atoms with Crippen LogP contribution in [-0.4, -0.2) is 18.4 Å². The monoisotopic (exact) mass is 184 g/mol. The molecule has 0 aliphatic heterocycles. The van der Waals surface area contributed by atoms with Gasteiger partial charge in [0.25, 0.3) is 0 Å². The quantitative estimate of drug-likeness (QED) is 0.484. The van der Waals surface area contributed by atoms with Crippen molar-refractivity contribution in [2.75, 3.05) is 6.61 Å². The van der Waals surface area contributed by atoms with E-state index in [1.54, 1.807) is 26.8 Å². The minimum absolute atomic E-state index is 0.117. The molecule has 0 aliphatic rings. The predicted octanol–water partition coefficient (Wildman–Crippen LogP) is 1.86. The number of ketones is 1. The average molecular weight is 184 g/mol. The number of Topliss-reactive ketones (excluding diaryl/α,β-unsaturated/α-hetero) is 1. The number of rotatable bonds is 5. The molecule has 0 amide bonds. The van der Waals surface area contributed by atoms with Crippen molar-refractivity contribution in [1.29, 1.82) is 0 Å². The summed E-state index contributed by atoms with van der Waals surface area (Å²) in [5.74, 6) is -0.225. The zero-order valence-electron chi connectivity index (χ0n) is 8.42. The average Bonchev–Trinajstić information content (AvgIpc) is 2.15. The standard InChI is InChI=1S/C10H16O3/c1-4-8(3)10(12)13-7-6-9(11)5-2/h4H,5-7H2,1-3H3. The number of carbonyl (C=O) groups is 2. The van der Waals surface area contributed by atoms with E-state index in [2.05, 4.69) is 0 Å². The fourth-order valence-corrected chi connectivity index (χ4v) is 0.666. The van der Waals surface area contributed by atoms with Gasteiger partial charge < -0.3 is 4.74 Å². The zero-order chi connectivity index (χ0) is 10.3. The molecule has 0 spiro atoms. The van der Waals surface area contributed by atoms with Crippen LogP contribution in [-0.2, 0) is 14.3 Å². The van der Waals surface area contributed by atoms with Gasteiger partial charge in [0.2, 0.25) is 0 Å². The number of hydrogen-bond acceptors (Lipinski definition) is 3. The second-order valence-electron chi connectivity index (χ2n) is 2.75. The molecule has 0 rings (SSSR count). The van der Waals surface area contributed by atoms with Crippen molar-refractivity contribution in [3.63, 3.8) is 0 Å². The molecule has 0 unspecified atom stereocenters. The highest BCUT2D eigenvalue weighted by molar-refractivity contribution is 5.87. The SMILES string of the molecule is CC=C(C)C(=O)OCCC(=O)CC. The molecular weight excluding hydrogens is 168 g/mol. The number of allylic oxidation sites excluding steroid dienone is 1. The van der Waals surface area contributed by atoms with Crippen LogP contribution in [0, 0.1) is 0 Å². The first-order valence-corrected chi connectivity index (χ1v) is 4.43. The summed E-state index contributed by atoms with van der Waals surface area (Å²) in [4.78, 5) is 21.9. The molecule has 0 atom stereocenters. The molecule has 3 nitrogen and oxygen atoms in total. The summed E-state index contributed by atoms with van der Waals surface area (Å²) in [6.45, 7) is 5.44. The highest BCUT2D eigenvalue weighted by Gasteiger charge is 2.05. The lowest BCUT2D eigenvalue weighted by molar-refractivity contribution is -0.139. The lowest BCUT2D eigenvalue weighted by Crippen LogP contribution is -2.09. The number of hydrogen-bond donors (Lipinski definition) is 0. The molecule has 13 heavy (non-hydrogen) atoms. The molecule has 3 heteroatoms. The molecule has 0 N–H and O–H groups in total. The highest BCUT2D eigenvalue weighted by atomic mass is 16.5. The van der Waals surface area contributed by atoms with Gasteiger partial charge in [0.1, 0.15) is 5.78 Å². The number of esters is 1. The van der Waals surface area contributed by atoms with Gasteiger partial charge in [-0.25, -0.2) is 4.79 Å². The third-order valence-electron chi connectivity index (χ3n) is 1.76. The van der Waals surface area contributed by atoms with Crippen LogP contribution in [0.4, 0.5) is 0 Å². The van der Waals surface area contributed by atoms with Crippen LogP contribution < -0.4 is 0 Å². The maximum Gasteiger partial charge on any atom is 0.333 e. The lowest BCUT2D eigenvalue weighted by atomic mass is 10.2. The van der Waals surface area contributed by atoms with Gasteiger partial charge in [-0.15, -0.1) is 0 Å². The Balaban J connectivity index is 3.66. The van der Waals surface area contributed by atoms with Gasteiger partial charge in [0.05, 0.1) is 6.61 Å². The Kier molecular flexibility index (Phi) is 5.85. The normalized spacial score (nSPS) is 11.2. The summed E-state index contributed by atoms with van der Waals surface area (Å²) in [6.07, 6.45) is 2.50. The fourth-order valence-electron chi connectivity index (χ4n) is 0.666. The summed E-state index contributed by atoms with van der Waals surface area (Å²) in [6, 6.07) is 0. The van der Waals surface area contributed by atoms with Crippen LogP contribution in [0.15, 0.2) is 11.6 Å². The van der Waals surface area contributed by atoms with Crippen molar-refractivity contribution in [2.45, 2.75) is 33.6 Å². The molecule has 74 valence electrons. The van der Waals surface area contributed by atoms with Gasteiger partial charge in [0, 0.05) is 18.4 Å². The van der Waals surface area contributed by atoms with Crippen LogP contribution in [0.3, 0.4) is 0 Å². The highest BCUT2D eigenvalue weighted by Crippen LogP contribution is 1.97.